The predicted octanol–water partition coefficient (Wildman–Crippen LogP) is 6.75. The van der Waals surface area contributed by atoms with Crippen molar-refractivity contribution in [2.45, 2.75) is 26.1 Å². The molecular formula is C35H36FNO8. The molecule has 9 nitrogen and oxygen atoms in total. The number of halogens is 1. The summed E-state index contributed by atoms with van der Waals surface area (Å²) in [5, 5.41) is 9.32. The van der Waals surface area contributed by atoms with Crippen molar-refractivity contribution in [2.24, 2.45) is 0 Å². The smallest absolute Gasteiger partial charge is 0.415 e. The fourth-order valence-electron chi connectivity index (χ4n) is 4.23. The Balaban J connectivity index is 1.32. The van der Waals surface area contributed by atoms with Crippen LogP contribution < -0.4 is 14.2 Å². The van der Waals surface area contributed by atoms with Crippen LogP contribution in [0, 0.1) is 5.82 Å². The van der Waals surface area contributed by atoms with Crippen LogP contribution in [-0.4, -0.2) is 61.1 Å². The van der Waals surface area contributed by atoms with Gasteiger partial charge in [-0.15, -0.1) is 0 Å². The van der Waals surface area contributed by atoms with Gasteiger partial charge in [-0.3, -0.25) is 0 Å². The van der Waals surface area contributed by atoms with Crippen LogP contribution in [-0.2, 0) is 27.3 Å². The van der Waals surface area contributed by atoms with Gasteiger partial charge in [0.15, 0.2) is 6.10 Å². The van der Waals surface area contributed by atoms with Gasteiger partial charge in [0, 0.05) is 19.6 Å². The zero-order valence-electron chi connectivity index (χ0n) is 25.0. The van der Waals surface area contributed by atoms with Gasteiger partial charge in [-0.2, -0.15) is 0 Å². The van der Waals surface area contributed by atoms with E-state index >= 15 is 0 Å². The quantitative estimate of drug-likeness (QED) is 0.130. The second-order valence-electron chi connectivity index (χ2n) is 9.90. The van der Waals surface area contributed by atoms with Crippen LogP contribution in [0.1, 0.15) is 18.1 Å². The minimum Gasteiger partial charge on any atom is -0.492 e. The van der Waals surface area contributed by atoms with E-state index in [0.29, 0.717) is 29.6 Å². The molecule has 0 bridgehead atoms. The van der Waals surface area contributed by atoms with Crippen LogP contribution in [0.2, 0.25) is 0 Å². The van der Waals surface area contributed by atoms with Crippen molar-refractivity contribution < 1.29 is 42.8 Å². The molecule has 10 heteroatoms. The lowest BCUT2D eigenvalue weighted by atomic mass is 10.1. The maximum Gasteiger partial charge on any atom is 0.415 e. The lowest BCUT2D eigenvalue weighted by Gasteiger charge is -2.22. The molecule has 4 aromatic carbocycles. The molecular weight excluding hydrogens is 581 g/mol. The first-order valence-electron chi connectivity index (χ1n) is 14.6. The van der Waals surface area contributed by atoms with E-state index in [2.05, 4.69) is 0 Å². The Morgan fingerprint density at radius 2 is 1.36 bits per heavy atom. The summed E-state index contributed by atoms with van der Waals surface area (Å²) in [6, 6.07) is 29.1. The lowest BCUT2D eigenvalue weighted by Crippen LogP contribution is -2.39. The number of benzene rings is 4. The largest absolute Gasteiger partial charge is 0.492 e. The molecule has 0 aromatic heterocycles. The zero-order valence-corrected chi connectivity index (χ0v) is 25.0. The third kappa shape index (κ3) is 11.3. The average Bonchev–Trinajstić information content (AvgIpc) is 3.05. The summed E-state index contributed by atoms with van der Waals surface area (Å²) in [4.78, 5) is 26.0. The van der Waals surface area contributed by atoms with E-state index in [0.717, 1.165) is 11.1 Å². The molecule has 236 valence electrons. The first-order valence-corrected chi connectivity index (χ1v) is 14.6. The van der Waals surface area contributed by atoms with Crippen LogP contribution in [0.15, 0.2) is 103 Å². The number of aliphatic carboxylic acids is 1. The number of carbonyl (C=O) groups excluding carboxylic acids is 1. The van der Waals surface area contributed by atoms with Gasteiger partial charge in [0.2, 0.25) is 0 Å². The van der Waals surface area contributed by atoms with Crippen LogP contribution in [0.25, 0.3) is 0 Å². The van der Waals surface area contributed by atoms with E-state index in [1.54, 1.807) is 67.6 Å². The van der Waals surface area contributed by atoms with E-state index in [1.165, 1.54) is 17.0 Å². The number of carboxylic acid groups (broad SMARTS) is 1. The summed E-state index contributed by atoms with van der Waals surface area (Å²) in [5.41, 5.74) is 1.61. The summed E-state index contributed by atoms with van der Waals surface area (Å²) >= 11 is 0. The standard InChI is InChI=1S/C35H36FNO8/c1-2-42-33(34(38)39)24-26-10-14-29(15-11-26)43-23-21-37(20-22-41-25-27-8-12-28(36)13-9-27)35(40)45-32-18-16-31(17-19-32)44-30-6-4-3-5-7-30/h3-19,33H,2,20-25H2,1H3,(H,38,39). The summed E-state index contributed by atoms with van der Waals surface area (Å²) in [6.07, 6.45) is -1.26. The van der Waals surface area contributed by atoms with Crippen LogP contribution in [0.5, 0.6) is 23.0 Å². The summed E-state index contributed by atoms with van der Waals surface area (Å²) in [5.74, 6) is 0.874. The summed E-state index contributed by atoms with van der Waals surface area (Å²) in [6.45, 7) is 3.15. The Hall–Kier alpha value is -4.93. The molecule has 0 spiro atoms. The Bertz CT molecular complexity index is 1460. The Morgan fingerprint density at radius 1 is 0.756 bits per heavy atom. The van der Waals surface area contributed by atoms with E-state index in [-0.39, 0.29) is 45.1 Å². The number of para-hydroxylation sites is 1. The molecule has 0 aliphatic carbocycles. The van der Waals surface area contributed by atoms with E-state index in [1.807, 2.05) is 30.3 Å². The minimum atomic E-state index is -1.01. The molecule has 1 atom stereocenters. The van der Waals surface area contributed by atoms with E-state index in [9.17, 15) is 19.1 Å². The normalized spacial score (nSPS) is 11.4. The van der Waals surface area contributed by atoms with Gasteiger partial charge in [0.05, 0.1) is 19.8 Å². The molecule has 0 saturated carbocycles. The van der Waals surface area contributed by atoms with Gasteiger partial charge < -0.3 is 33.7 Å². The highest BCUT2D eigenvalue weighted by atomic mass is 19.1. The molecule has 4 rings (SSSR count). The zero-order chi connectivity index (χ0) is 31.9. The third-order valence-electron chi connectivity index (χ3n) is 6.57. The molecule has 0 aliphatic rings. The highest BCUT2D eigenvalue weighted by Gasteiger charge is 2.19. The Labute approximate surface area is 261 Å². The SMILES string of the molecule is CCOC(Cc1ccc(OCCN(CCOCc2ccc(F)cc2)C(=O)Oc2ccc(Oc3ccccc3)cc2)cc1)C(=O)O. The fraction of sp³-hybridized carbons (Fsp3) is 0.257. The number of carboxylic acids is 1. The summed E-state index contributed by atoms with van der Waals surface area (Å²) in [7, 11) is 0. The molecule has 0 fully saturated rings. The second kappa shape index (κ2) is 17.4. The highest BCUT2D eigenvalue weighted by molar-refractivity contribution is 5.72. The summed E-state index contributed by atoms with van der Waals surface area (Å²) < 4.78 is 41.5. The molecule has 1 unspecified atom stereocenters. The molecule has 0 radical (unpaired) electrons. The molecule has 0 saturated heterocycles. The lowest BCUT2D eigenvalue weighted by molar-refractivity contribution is -0.149. The maximum atomic E-state index is 13.2. The van der Waals surface area contributed by atoms with Crippen molar-refractivity contribution in [2.75, 3.05) is 32.9 Å². The van der Waals surface area contributed by atoms with Crippen LogP contribution >= 0.6 is 0 Å². The first kappa shape index (κ1) is 33.0. The van der Waals surface area contributed by atoms with Crippen molar-refractivity contribution in [3.63, 3.8) is 0 Å². The highest BCUT2D eigenvalue weighted by Crippen LogP contribution is 2.24. The predicted molar refractivity (Wildman–Crippen MR) is 165 cm³/mol. The molecule has 1 N–H and O–H groups in total. The van der Waals surface area contributed by atoms with Crippen molar-refractivity contribution in [3.8, 4) is 23.0 Å². The van der Waals surface area contributed by atoms with E-state index < -0.39 is 18.2 Å². The van der Waals surface area contributed by atoms with Crippen molar-refractivity contribution in [1.29, 1.82) is 0 Å². The molecule has 1 amide bonds. The topological polar surface area (TPSA) is 104 Å². The second-order valence-corrected chi connectivity index (χ2v) is 9.90. The monoisotopic (exact) mass is 617 g/mol. The minimum absolute atomic E-state index is 0.174. The Morgan fingerprint density at radius 3 is 2.02 bits per heavy atom. The van der Waals surface area contributed by atoms with Crippen LogP contribution in [0.4, 0.5) is 9.18 Å². The van der Waals surface area contributed by atoms with Gasteiger partial charge in [-0.05, 0) is 78.7 Å². The number of ether oxygens (including phenoxy) is 5. The Kier molecular flexibility index (Phi) is 12.7. The number of hydrogen-bond acceptors (Lipinski definition) is 7. The third-order valence-corrected chi connectivity index (χ3v) is 6.57. The van der Waals surface area contributed by atoms with Gasteiger partial charge in [0.1, 0.15) is 35.4 Å². The number of amides is 1. The fourth-order valence-corrected chi connectivity index (χ4v) is 4.23. The number of carbonyl (C=O) groups is 2. The van der Waals surface area contributed by atoms with Crippen LogP contribution in [0.3, 0.4) is 0 Å². The molecule has 0 heterocycles. The van der Waals surface area contributed by atoms with E-state index in [4.69, 9.17) is 23.7 Å². The molecule has 45 heavy (non-hydrogen) atoms. The van der Waals surface area contributed by atoms with Gasteiger partial charge in [-0.25, -0.2) is 14.0 Å². The van der Waals surface area contributed by atoms with Crippen molar-refractivity contribution >= 4 is 12.1 Å². The van der Waals surface area contributed by atoms with Gasteiger partial charge in [0.25, 0.3) is 0 Å². The first-order chi connectivity index (χ1) is 21.9. The number of hydrogen-bond donors (Lipinski definition) is 1. The molecule has 4 aromatic rings. The number of rotatable bonds is 17. The average molecular weight is 618 g/mol. The maximum absolute atomic E-state index is 13.2. The molecule has 0 aliphatic heterocycles. The van der Waals surface area contributed by atoms with Crippen molar-refractivity contribution in [3.05, 3.63) is 120 Å². The van der Waals surface area contributed by atoms with Gasteiger partial charge >= 0.3 is 12.1 Å². The van der Waals surface area contributed by atoms with Gasteiger partial charge in [-0.1, -0.05) is 42.5 Å². The number of nitrogens with zero attached hydrogens (tertiary/aromatic N) is 1. The van der Waals surface area contributed by atoms with Crippen molar-refractivity contribution in [1.82, 2.24) is 4.90 Å².